The molecule has 1 aromatic rings. The molecule has 1 aliphatic rings. The van der Waals surface area contributed by atoms with E-state index in [1.165, 1.54) is 19.4 Å². The van der Waals surface area contributed by atoms with Gasteiger partial charge in [0.15, 0.2) is 5.96 Å². The van der Waals surface area contributed by atoms with Gasteiger partial charge < -0.3 is 20.6 Å². The predicted molar refractivity (Wildman–Crippen MR) is 110 cm³/mol. The average Bonchev–Trinajstić information content (AvgIpc) is 2.63. The smallest absolute Gasteiger partial charge is 0.191 e. The zero-order chi connectivity index (χ0) is 18.9. The maximum absolute atomic E-state index is 10.4. The molecule has 0 aromatic heterocycles. The highest BCUT2D eigenvalue weighted by Crippen LogP contribution is 2.23. The molecule has 7 heteroatoms. The van der Waals surface area contributed by atoms with Crippen LogP contribution in [0.4, 0.5) is 0 Å². The number of nitrogens with zero attached hydrogens (tertiary/aromatic N) is 2. The van der Waals surface area contributed by atoms with Crippen LogP contribution in [-0.4, -0.2) is 55.2 Å². The van der Waals surface area contributed by atoms with Crippen LogP contribution < -0.4 is 10.6 Å². The van der Waals surface area contributed by atoms with E-state index in [-0.39, 0.29) is 6.54 Å². The number of hydrogen-bond acceptors (Lipinski definition) is 3. The summed E-state index contributed by atoms with van der Waals surface area (Å²) < 4.78 is 0. The first kappa shape index (κ1) is 21.3. The first-order valence-corrected chi connectivity index (χ1v) is 10.2. The third-order valence-electron chi connectivity index (χ3n) is 4.64. The summed E-state index contributed by atoms with van der Waals surface area (Å²) in [6, 6.07) is 5.09. The van der Waals surface area contributed by atoms with Gasteiger partial charge in [0.25, 0.3) is 0 Å². The lowest BCUT2D eigenvalue weighted by atomic mass is 9.98. The Morgan fingerprint density at radius 2 is 2.00 bits per heavy atom. The molecule has 1 fully saturated rings. The molecular formula is C19H30Cl2N4O. The Hall–Kier alpha value is -1.01. The number of benzene rings is 1. The van der Waals surface area contributed by atoms with Crippen molar-refractivity contribution < 1.29 is 5.11 Å². The third-order valence-corrected chi connectivity index (χ3v) is 5.08. The number of aliphatic imine (C=N–C) groups is 1. The minimum absolute atomic E-state index is 0.248. The Labute approximate surface area is 166 Å². The van der Waals surface area contributed by atoms with Crippen LogP contribution in [0.3, 0.4) is 0 Å². The van der Waals surface area contributed by atoms with Gasteiger partial charge in [-0.25, -0.2) is 0 Å². The summed E-state index contributed by atoms with van der Waals surface area (Å²) in [4.78, 5) is 7.01. The summed E-state index contributed by atoms with van der Waals surface area (Å²) in [6.45, 7) is 9.60. The largest absolute Gasteiger partial charge is 0.386 e. The van der Waals surface area contributed by atoms with Crippen molar-refractivity contribution in [2.45, 2.75) is 32.8 Å². The fraction of sp³-hybridized carbons (Fsp3) is 0.632. The van der Waals surface area contributed by atoms with Crippen LogP contribution >= 0.6 is 23.2 Å². The van der Waals surface area contributed by atoms with Gasteiger partial charge in [-0.2, -0.15) is 0 Å². The lowest BCUT2D eigenvalue weighted by molar-refractivity contribution is 0.182. The molecule has 1 saturated heterocycles. The molecule has 3 N–H and O–H groups in total. The zero-order valence-corrected chi connectivity index (χ0v) is 17.2. The van der Waals surface area contributed by atoms with E-state index in [0.717, 1.165) is 32.1 Å². The van der Waals surface area contributed by atoms with Gasteiger partial charge in [-0.3, -0.25) is 4.99 Å². The van der Waals surface area contributed by atoms with E-state index in [4.69, 9.17) is 23.2 Å². The van der Waals surface area contributed by atoms with E-state index in [1.54, 1.807) is 18.2 Å². The Morgan fingerprint density at radius 1 is 1.27 bits per heavy atom. The molecule has 2 rings (SSSR count). The summed E-state index contributed by atoms with van der Waals surface area (Å²) >= 11 is 12.0. The van der Waals surface area contributed by atoms with E-state index >= 15 is 0 Å². The van der Waals surface area contributed by atoms with Crippen LogP contribution in [0.25, 0.3) is 0 Å². The standard InChI is InChI=1S/C19H30Cl2N4O/c1-3-22-19(23-11-14-6-5-7-25(4-2)13-14)24-12-18(26)15-8-16(20)10-17(21)9-15/h8-10,14,18,26H,3-7,11-13H2,1-2H3,(H2,22,23,24). The van der Waals surface area contributed by atoms with Crippen molar-refractivity contribution in [1.29, 1.82) is 0 Å². The molecule has 1 aromatic carbocycles. The van der Waals surface area contributed by atoms with Crippen LogP contribution in [0.5, 0.6) is 0 Å². The molecule has 1 heterocycles. The number of halogens is 2. The van der Waals surface area contributed by atoms with E-state index in [0.29, 0.717) is 21.5 Å². The number of aliphatic hydroxyl groups is 1. The molecule has 2 unspecified atom stereocenters. The first-order valence-electron chi connectivity index (χ1n) is 9.40. The summed E-state index contributed by atoms with van der Waals surface area (Å²) in [5.74, 6) is 1.36. The number of guanidine groups is 1. The topological polar surface area (TPSA) is 59.9 Å². The maximum Gasteiger partial charge on any atom is 0.191 e. The van der Waals surface area contributed by atoms with Gasteiger partial charge in [-0.05, 0) is 62.5 Å². The second-order valence-electron chi connectivity index (χ2n) is 6.72. The Bertz CT molecular complexity index is 577. The van der Waals surface area contributed by atoms with Gasteiger partial charge in [-0.15, -0.1) is 0 Å². The molecule has 0 spiro atoms. The molecule has 146 valence electrons. The highest BCUT2D eigenvalue weighted by molar-refractivity contribution is 6.34. The van der Waals surface area contributed by atoms with Gasteiger partial charge in [0, 0.05) is 29.7 Å². The van der Waals surface area contributed by atoms with E-state index in [9.17, 15) is 5.11 Å². The number of hydrogen-bond donors (Lipinski definition) is 3. The summed E-state index contributed by atoms with van der Waals surface area (Å²) in [7, 11) is 0. The van der Waals surface area contributed by atoms with Crippen molar-refractivity contribution in [3.8, 4) is 0 Å². The second-order valence-corrected chi connectivity index (χ2v) is 7.59. The van der Waals surface area contributed by atoms with Gasteiger partial charge in [-0.1, -0.05) is 30.1 Å². The number of nitrogens with one attached hydrogen (secondary N) is 2. The van der Waals surface area contributed by atoms with E-state index in [1.807, 2.05) is 6.92 Å². The van der Waals surface area contributed by atoms with Gasteiger partial charge in [0.1, 0.15) is 0 Å². The fourth-order valence-corrected chi connectivity index (χ4v) is 3.78. The van der Waals surface area contributed by atoms with Crippen LogP contribution in [-0.2, 0) is 0 Å². The average molecular weight is 401 g/mol. The highest BCUT2D eigenvalue weighted by atomic mass is 35.5. The van der Waals surface area contributed by atoms with Crippen LogP contribution in [0, 0.1) is 5.92 Å². The minimum Gasteiger partial charge on any atom is -0.386 e. The Balaban J connectivity index is 1.90. The Kier molecular flexibility index (Phi) is 8.99. The van der Waals surface area contributed by atoms with Crippen molar-refractivity contribution in [3.05, 3.63) is 33.8 Å². The van der Waals surface area contributed by atoms with Crippen LogP contribution in [0.1, 0.15) is 38.4 Å². The molecular weight excluding hydrogens is 371 g/mol. The van der Waals surface area contributed by atoms with Crippen molar-refractivity contribution in [3.63, 3.8) is 0 Å². The summed E-state index contributed by atoms with van der Waals surface area (Å²) in [6.07, 6.45) is 1.75. The number of piperidine rings is 1. The molecule has 0 amide bonds. The SMILES string of the molecule is CCNC(=NCC(O)c1cc(Cl)cc(Cl)c1)NCC1CCCN(CC)C1. The predicted octanol–water partition coefficient (Wildman–Crippen LogP) is 3.31. The zero-order valence-electron chi connectivity index (χ0n) is 15.6. The summed E-state index contributed by atoms with van der Waals surface area (Å²) in [5, 5.41) is 18.1. The van der Waals surface area contributed by atoms with Crippen LogP contribution in [0.2, 0.25) is 10.0 Å². The molecule has 5 nitrogen and oxygen atoms in total. The minimum atomic E-state index is -0.744. The van der Waals surface area contributed by atoms with Crippen molar-refractivity contribution in [2.24, 2.45) is 10.9 Å². The molecule has 26 heavy (non-hydrogen) atoms. The highest BCUT2D eigenvalue weighted by Gasteiger charge is 2.19. The number of rotatable bonds is 7. The maximum atomic E-state index is 10.4. The molecule has 2 atom stereocenters. The number of likely N-dealkylation sites (tertiary alicyclic amines) is 1. The first-order chi connectivity index (χ1) is 12.5. The molecule has 0 radical (unpaired) electrons. The van der Waals surface area contributed by atoms with E-state index < -0.39 is 6.10 Å². The second kappa shape index (κ2) is 11.0. The molecule has 0 bridgehead atoms. The molecule has 0 aliphatic carbocycles. The fourth-order valence-electron chi connectivity index (χ4n) is 3.24. The van der Waals surface area contributed by atoms with Crippen molar-refractivity contribution >= 4 is 29.2 Å². The monoisotopic (exact) mass is 400 g/mol. The quantitative estimate of drug-likeness (QED) is 0.485. The third kappa shape index (κ3) is 6.95. The van der Waals surface area contributed by atoms with Crippen LogP contribution in [0.15, 0.2) is 23.2 Å². The van der Waals surface area contributed by atoms with Gasteiger partial charge >= 0.3 is 0 Å². The van der Waals surface area contributed by atoms with Crippen molar-refractivity contribution in [1.82, 2.24) is 15.5 Å². The molecule has 0 saturated carbocycles. The lowest BCUT2D eigenvalue weighted by Crippen LogP contribution is -2.44. The van der Waals surface area contributed by atoms with Gasteiger partial charge in [0.05, 0.1) is 12.6 Å². The van der Waals surface area contributed by atoms with Crippen molar-refractivity contribution in [2.75, 3.05) is 39.3 Å². The van der Waals surface area contributed by atoms with E-state index in [2.05, 4.69) is 27.4 Å². The molecule has 1 aliphatic heterocycles. The Morgan fingerprint density at radius 3 is 2.65 bits per heavy atom. The number of aliphatic hydroxyl groups excluding tert-OH is 1. The lowest BCUT2D eigenvalue weighted by Gasteiger charge is -2.32. The normalized spacial score (nSPS) is 20.0. The van der Waals surface area contributed by atoms with Gasteiger partial charge in [0.2, 0.25) is 0 Å². The summed E-state index contributed by atoms with van der Waals surface area (Å²) in [5.41, 5.74) is 0.674.